The number of likely N-dealkylation sites (N-methyl/N-ethyl adjacent to an activating group) is 1. The van der Waals surface area contributed by atoms with Crippen molar-refractivity contribution in [2.45, 2.75) is 32.7 Å². The highest BCUT2D eigenvalue weighted by molar-refractivity contribution is 5.76. The van der Waals surface area contributed by atoms with Gasteiger partial charge in [0.1, 0.15) is 0 Å². The molecule has 0 aromatic heterocycles. The van der Waals surface area contributed by atoms with Crippen LogP contribution in [0, 0.1) is 0 Å². The van der Waals surface area contributed by atoms with Gasteiger partial charge in [-0.25, -0.2) is 0 Å². The second-order valence-corrected chi connectivity index (χ2v) is 2.73. The lowest BCUT2D eigenvalue weighted by Gasteiger charge is -2.21. The summed E-state index contributed by atoms with van der Waals surface area (Å²) in [5.74, 6) is 0.194. The fourth-order valence-electron chi connectivity index (χ4n) is 0.775. The minimum absolute atomic E-state index is 0.147. The molecule has 0 N–H and O–H groups in total. The molecule has 2 nitrogen and oxygen atoms in total. The molecule has 0 rings (SSSR count). The molecule has 0 aliphatic carbocycles. The second kappa shape index (κ2) is 4.94. The van der Waals surface area contributed by atoms with Gasteiger partial charge in [0.15, 0.2) is 0 Å². The van der Waals surface area contributed by atoms with Gasteiger partial charge >= 0.3 is 0 Å². The predicted molar refractivity (Wildman–Crippen MR) is 47.3 cm³/mol. The third-order valence-electron chi connectivity index (χ3n) is 1.81. The molecule has 0 aromatic rings. The lowest BCUT2D eigenvalue weighted by molar-refractivity contribution is -0.130. The van der Waals surface area contributed by atoms with E-state index in [1.54, 1.807) is 11.0 Å². The van der Waals surface area contributed by atoms with Gasteiger partial charge in [0.05, 0.1) is 0 Å². The first-order valence-electron chi connectivity index (χ1n) is 4.01. The first-order valence-corrected chi connectivity index (χ1v) is 4.01. The maximum absolute atomic E-state index is 11.2. The Morgan fingerprint density at radius 2 is 2.27 bits per heavy atom. The Kier molecular flexibility index (Phi) is 4.59. The highest BCUT2D eigenvalue weighted by Gasteiger charge is 2.10. The van der Waals surface area contributed by atoms with E-state index in [-0.39, 0.29) is 11.9 Å². The molecular formula is C9H17NO. The summed E-state index contributed by atoms with van der Waals surface area (Å²) in [5.41, 5.74) is 0. The summed E-state index contributed by atoms with van der Waals surface area (Å²) in [6.45, 7) is 7.59. The maximum atomic E-state index is 11.2. The van der Waals surface area contributed by atoms with Crippen LogP contribution in [0.3, 0.4) is 0 Å². The second-order valence-electron chi connectivity index (χ2n) is 2.73. The Balaban J connectivity index is 3.90. The van der Waals surface area contributed by atoms with Crippen LogP contribution < -0.4 is 0 Å². The molecule has 0 fully saturated rings. The Hall–Kier alpha value is -0.790. The molecule has 1 amide bonds. The Morgan fingerprint density at radius 1 is 1.73 bits per heavy atom. The molecule has 0 saturated heterocycles. The van der Waals surface area contributed by atoms with E-state index in [1.165, 1.54) is 0 Å². The van der Waals surface area contributed by atoms with Crippen LogP contribution in [0.1, 0.15) is 26.7 Å². The fraction of sp³-hybridized carbons (Fsp3) is 0.667. The Morgan fingerprint density at radius 3 is 2.64 bits per heavy atom. The van der Waals surface area contributed by atoms with Gasteiger partial charge in [0.25, 0.3) is 0 Å². The first-order chi connectivity index (χ1) is 5.13. The van der Waals surface area contributed by atoms with E-state index in [0.29, 0.717) is 6.42 Å². The molecule has 0 saturated carbocycles. The smallest absolute Gasteiger partial charge is 0.222 e. The highest BCUT2D eigenvalue weighted by Crippen LogP contribution is 2.00. The van der Waals surface area contributed by atoms with Gasteiger partial charge in [-0.15, -0.1) is 6.58 Å². The summed E-state index contributed by atoms with van der Waals surface area (Å²) in [7, 11) is 1.81. The summed E-state index contributed by atoms with van der Waals surface area (Å²) in [6, 6.07) is 0.147. The van der Waals surface area contributed by atoms with Gasteiger partial charge in [0, 0.05) is 19.5 Å². The zero-order chi connectivity index (χ0) is 8.85. The molecule has 0 bridgehead atoms. The van der Waals surface area contributed by atoms with Gasteiger partial charge in [-0.3, -0.25) is 4.79 Å². The molecule has 0 aromatic carbocycles. The van der Waals surface area contributed by atoms with Crippen LogP contribution >= 0.6 is 0 Å². The third-order valence-corrected chi connectivity index (χ3v) is 1.81. The van der Waals surface area contributed by atoms with Crippen molar-refractivity contribution >= 4 is 5.91 Å². The molecule has 0 heterocycles. The van der Waals surface area contributed by atoms with Crippen molar-refractivity contribution < 1.29 is 4.79 Å². The molecule has 11 heavy (non-hydrogen) atoms. The van der Waals surface area contributed by atoms with E-state index in [2.05, 4.69) is 6.58 Å². The van der Waals surface area contributed by atoms with Crippen molar-refractivity contribution in [3.63, 3.8) is 0 Å². The Labute approximate surface area is 68.9 Å². The van der Waals surface area contributed by atoms with Crippen molar-refractivity contribution in [3.8, 4) is 0 Å². The van der Waals surface area contributed by atoms with Crippen LogP contribution in [0.4, 0.5) is 0 Å². The van der Waals surface area contributed by atoms with Gasteiger partial charge in [0.2, 0.25) is 5.91 Å². The monoisotopic (exact) mass is 155 g/mol. The number of rotatable bonds is 4. The first kappa shape index (κ1) is 10.2. The molecule has 0 radical (unpaired) electrons. The standard InChI is InChI=1S/C9H17NO/c1-5-7-9(11)10(4)8(3)6-2/h6,8H,2,5,7H2,1,3-4H3/t8-/m1/s1. The van der Waals surface area contributed by atoms with Crippen molar-refractivity contribution in [2.24, 2.45) is 0 Å². The van der Waals surface area contributed by atoms with Crippen LogP contribution in [0.15, 0.2) is 12.7 Å². The minimum Gasteiger partial charge on any atom is -0.340 e. The lowest BCUT2D eigenvalue weighted by Crippen LogP contribution is -2.33. The van der Waals surface area contributed by atoms with Crippen LogP contribution in [-0.4, -0.2) is 23.9 Å². The summed E-state index contributed by atoms with van der Waals surface area (Å²) >= 11 is 0. The van der Waals surface area contributed by atoms with E-state index in [0.717, 1.165) is 6.42 Å². The average molecular weight is 155 g/mol. The number of hydrogen-bond acceptors (Lipinski definition) is 1. The third kappa shape index (κ3) is 3.21. The molecule has 64 valence electrons. The zero-order valence-electron chi connectivity index (χ0n) is 7.63. The van der Waals surface area contributed by atoms with E-state index >= 15 is 0 Å². The summed E-state index contributed by atoms with van der Waals surface area (Å²) < 4.78 is 0. The summed E-state index contributed by atoms with van der Waals surface area (Å²) in [6.07, 6.45) is 3.31. The van der Waals surface area contributed by atoms with E-state index < -0.39 is 0 Å². The van der Waals surface area contributed by atoms with Crippen LogP contribution in [0.25, 0.3) is 0 Å². The number of carbonyl (C=O) groups excluding carboxylic acids is 1. The number of nitrogens with zero attached hydrogens (tertiary/aromatic N) is 1. The van der Waals surface area contributed by atoms with Crippen LogP contribution in [0.2, 0.25) is 0 Å². The van der Waals surface area contributed by atoms with Gasteiger partial charge in [-0.2, -0.15) is 0 Å². The minimum atomic E-state index is 0.147. The molecule has 0 spiro atoms. The largest absolute Gasteiger partial charge is 0.340 e. The highest BCUT2D eigenvalue weighted by atomic mass is 16.2. The topological polar surface area (TPSA) is 20.3 Å². The normalized spacial score (nSPS) is 12.3. The Bertz CT molecular complexity index is 142. The van der Waals surface area contributed by atoms with Crippen LogP contribution in [-0.2, 0) is 4.79 Å². The molecule has 0 aliphatic rings. The molecule has 0 aliphatic heterocycles. The van der Waals surface area contributed by atoms with E-state index in [1.807, 2.05) is 20.9 Å². The number of hydrogen-bond donors (Lipinski definition) is 0. The predicted octanol–water partition coefficient (Wildman–Crippen LogP) is 1.82. The van der Waals surface area contributed by atoms with E-state index in [9.17, 15) is 4.79 Å². The maximum Gasteiger partial charge on any atom is 0.222 e. The van der Waals surface area contributed by atoms with E-state index in [4.69, 9.17) is 0 Å². The quantitative estimate of drug-likeness (QED) is 0.567. The van der Waals surface area contributed by atoms with Crippen molar-refractivity contribution in [1.82, 2.24) is 4.90 Å². The number of amides is 1. The van der Waals surface area contributed by atoms with Crippen molar-refractivity contribution in [1.29, 1.82) is 0 Å². The zero-order valence-corrected chi connectivity index (χ0v) is 7.63. The average Bonchev–Trinajstić information content (AvgIpc) is 2.02. The fourth-order valence-corrected chi connectivity index (χ4v) is 0.775. The molecule has 1 atom stereocenters. The van der Waals surface area contributed by atoms with Gasteiger partial charge in [-0.1, -0.05) is 13.0 Å². The van der Waals surface area contributed by atoms with Gasteiger partial charge in [-0.05, 0) is 13.3 Å². The van der Waals surface area contributed by atoms with Crippen molar-refractivity contribution in [2.75, 3.05) is 7.05 Å². The number of carbonyl (C=O) groups is 1. The SMILES string of the molecule is C=C[C@@H](C)N(C)C(=O)CCC. The molecule has 2 heteroatoms. The van der Waals surface area contributed by atoms with Gasteiger partial charge < -0.3 is 4.90 Å². The van der Waals surface area contributed by atoms with Crippen molar-refractivity contribution in [3.05, 3.63) is 12.7 Å². The lowest BCUT2D eigenvalue weighted by atomic mass is 10.2. The molecule has 0 unspecified atom stereocenters. The summed E-state index contributed by atoms with van der Waals surface area (Å²) in [4.78, 5) is 12.9. The van der Waals surface area contributed by atoms with Crippen LogP contribution in [0.5, 0.6) is 0 Å². The molecular weight excluding hydrogens is 138 g/mol. The summed E-state index contributed by atoms with van der Waals surface area (Å²) in [5, 5.41) is 0.